The molecule has 0 heterocycles. The third kappa shape index (κ3) is 3.78. The number of nitrogens with zero attached hydrogens (tertiary/aromatic N) is 1. The van der Waals surface area contributed by atoms with Gasteiger partial charge in [-0.05, 0) is 19.1 Å². The minimum absolute atomic E-state index is 0.260. The number of hydrogen-bond acceptors (Lipinski definition) is 2. The maximum absolute atomic E-state index is 12.3. The number of hydrogen-bond donors (Lipinski definition) is 0. The van der Waals surface area contributed by atoms with E-state index < -0.39 is 12.1 Å². The zero-order valence-electron chi connectivity index (χ0n) is 8.58. The molecular formula is C11H10F3NS. The lowest BCUT2D eigenvalue weighted by Gasteiger charge is -2.12. The van der Waals surface area contributed by atoms with Gasteiger partial charge in [0.15, 0.2) is 5.92 Å². The molecule has 0 aliphatic heterocycles. The second-order valence-corrected chi connectivity index (χ2v) is 4.44. The smallest absolute Gasteiger partial charge is 0.198 e. The number of nitriles is 1. The minimum atomic E-state index is -4.44. The van der Waals surface area contributed by atoms with Gasteiger partial charge in [0.2, 0.25) is 0 Å². The molecule has 0 amide bonds. The summed E-state index contributed by atoms with van der Waals surface area (Å²) in [6.07, 6.45) is -4.44. The van der Waals surface area contributed by atoms with Crippen LogP contribution in [0.2, 0.25) is 0 Å². The molecular weight excluding hydrogens is 235 g/mol. The standard InChI is InChI=1S/C11H10F3NS/c1-8-3-2-4-10(5-8)16-7-9(6-15)11(12,13)14/h2-5,9H,7H2,1H3. The summed E-state index contributed by atoms with van der Waals surface area (Å²) in [4.78, 5) is 0.754. The van der Waals surface area contributed by atoms with Crippen LogP contribution in [-0.4, -0.2) is 11.9 Å². The molecule has 0 spiro atoms. The second-order valence-electron chi connectivity index (χ2n) is 3.35. The van der Waals surface area contributed by atoms with E-state index in [2.05, 4.69) is 0 Å². The molecule has 0 bridgehead atoms. The maximum atomic E-state index is 12.3. The molecule has 16 heavy (non-hydrogen) atoms. The van der Waals surface area contributed by atoms with Crippen molar-refractivity contribution in [1.29, 1.82) is 5.26 Å². The fraction of sp³-hybridized carbons (Fsp3) is 0.364. The topological polar surface area (TPSA) is 23.8 Å². The molecule has 1 aromatic carbocycles. The number of benzene rings is 1. The zero-order valence-corrected chi connectivity index (χ0v) is 9.40. The Balaban J connectivity index is 2.61. The molecule has 0 N–H and O–H groups in total. The molecule has 5 heteroatoms. The Labute approximate surface area is 96.3 Å². The van der Waals surface area contributed by atoms with Crippen molar-refractivity contribution in [3.8, 4) is 6.07 Å². The fourth-order valence-corrected chi connectivity index (χ4v) is 2.16. The Hall–Kier alpha value is -1.15. The summed E-state index contributed by atoms with van der Waals surface area (Å²) in [5.74, 6) is -2.17. The highest BCUT2D eigenvalue weighted by atomic mass is 32.2. The fourth-order valence-electron chi connectivity index (χ4n) is 1.09. The van der Waals surface area contributed by atoms with Crippen LogP contribution in [0.25, 0.3) is 0 Å². The van der Waals surface area contributed by atoms with Crippen LogP contribution >= 0.6 is 11.8 Å². The van der Waals surface area contributed by atoms with E-state index in [-0.39, 0.29) is 5.75 Å². The zero-order chi connectivity index (χ0) is 12.2. The van der Waals surface area contributed by atoms with E-state index in [1.54, 1.807) is 18.2 Å². The highest BCUT2D eigenvalue weighted by Crippen LogP contribution is 2.31. The number of thioether (sulfide) groups is 1. The SMILES string of the molecule is Cc1cccc(SCC(C#N)C(F)(F)F)c1. The second kappa shape index (κ2) is 5.26. The van der Waals surface area contributed by atoms with Crippen molar-refractivity contribution in [1.82, 2.24) is 0 Å². The molecule has 1 nitrogen and oxygen atoms in total. The molecule has 0 aliphatic rings. The molecule has 0 saturated heterocycles. The van der Waals surface area contributed by atoms with Crippen molar-refractivity contribution < 1.29 is 13.2 Å². The molecule has 0 fully saturated rings. The number of alkyl halides is 3. The maximum Gasteiger partial charge on any atom is 0.405 e. The molecule has 86 valence electrons. The van der Waals surface area contributed by atoms with Gasteiger partial charge in [0.05, 0.1) is 6.07 Å². The van der Waals surface area contributed by atoms with Crippen LogP contribution in [0.5, 0.6) is 0 Å². The molecule has 1 atom stereocenters. The van der Waals surface area contributed by atoms with Crippen molar-refractivity contribution in [3.05, 3.63) is 29.8 Å². The van der Waals surface area contributed by atoms with Gasteiger partial charge in [-0.15, -0.1) is 11.8 Å². The van der Waals surface area contributed by atoms with Crippen LogP contribution in [-0.2, 0) is 0 Å². The Bertz CT molecular complexity index is 395. The number of aryl methyl sites for hydroxylation is 1. The van der Waals surface area contributed by atoms with E-state index in [1.165, 1.54) is 6.07 Å². The Kier molecular flexibility index (Phi) is 4.25. The van der Waals surface area contributed by atoms with E-state index >= 15 is 0 Å². The van der Waals surface area contributed by atoms with Crippen LogP contribution in [0, 0.1) is 24.2 Å². The van der Waals surface area contributed by atoms with Gasteiger partial charge in [0, 0.05) is 10.6 Å². The van der Waals surface area contributed by atoms with Gasteiger partial charge >= 0.3 is 6.18 Å². The molecule has 1 aromatic rings. The summed E-state index contributed by atoms with van der Waals surface area (Å²) >= 11 is 1.05. The van der Waals surface area contributed by atoms with Crippen LogP contribution in [0.15, 0.2) is 29.2 Å². The summed E-state index contributed by atoms with van der Waals surface area (Å²) in [5.41, 5.74) is 0.991. The molecule has 0 radical (unpaired) electrons. The van der Waals surface area contributed by atoms with Gasteiger partial charge in [0.25, 0.3) is 0 Å². The molecule has 1 unspecified atom stereocenters. The first kappa shape index (κ1) is 12.9. The van der Waals surface area contributed by atoms with Gasteiger partial charge in [-0.25, -0.2) is 0 Å². The Morgan fingerprint density at radius 1 is 1.44 bits per heavy atom. The lowest BCUT2D eigenvalue weighted by atomic mass is 10.2. The summed E-state index contributed by atoms with van der Waals surface area (Å²) < 4.78 is 36.8. The van der Waals surface area contributed by atoms with Crippen molar-refractivity contribution in [2.75, 3.05) is 5.75 Å². The average Bonchev–Trinajstić information content (AvgIpc) is 2.16. The minimum Gasteiger partial charge on any atom is -0.198 e. The van der Waals surface area contributed by atoms with Crippen LogP contribution in [0.1, 0.15) is 5.56 Å². The van der Waals surface area contributed by atoms with E-state index in [9.17, 15) is 13.2 Å². The van der Waals surface area contributed by atoms with Crippen molar-refractivity contribution >= 4 is 11.8 Å². The van der Waals surface area contributed by atoms with Gasteiger partial charge in [0.1, 0.15) is 0 Å². The first-order chi connectivity index (χ1) is 7.43. The Morgan fingerprint density at radius 3 is 2.62 bits per heavy atom. The first-order valence-corrected chi connectivity index (χ1v) is 5.58. The third-order valence-corrected chi connectivity index (χ3v) is 3.04. The van der Waals surface area contributed by atoms with Gasteiger partial charge < -0.3 is 0 Å². The van der Waals surface area contributed by atoms with E-state index in [0.29, 0.717) is 0 Å². The first-order valence-electron chi connectivity index (χ1n) is 4.59. The number of halogens is 3. The summed E-state index contributed by atoms with van der Waals surface area (Å²) in [5, 5.41) is 8.41. The van der Waals surface area contributed by atoms with Gasteiger partial charge in [-0.3, -0.25) is 0 Å². The van der Waals surface area contributed by atoms with Crippen LogP contribution in [0.3, 0.4) is 0 Å². The highest BCUT2D eigenvalue weighted by molar-refractivity contribution is 7.99. The van der Waals surface area contributed by atoms with Crippen molar-refractivity contribution in [3.63, 3.8) is 0 Å². The predicted molar refractivity (Wildman–Crippen MR) is 57.1 cm³/mol. The van der Waals surface area contributed by atoms with E-state index in [4.69, 9.17) is 5.26 Å². The van der Waals surface area contributed by atoms with Crippen LogP contribution in [0.4, 0.5) is 13.2 Å². The predicted octanol–water partition coefficient (Wildman–Crippen LogP) is 3.79. The van der Waals surface area contributed by atoms with Gasteiger partial charge in [-0.2, -0.15) is 18.4 Å². The molecule has 0 saturated carbocycles. The van der Waals surface area contributed by atoms with Gasteiger partial charge in [-0.1, -0.05) is 17.7 Å². The quantitative estimate of drug-likeness (QED) is 0.756. The summed E-state index contributed by atoms with van der Waals surface area (Å²) in [6.45, 7) is 1.87. The molecule has 0 aromatic heterocycles. The summed E-state index contributed by atoms with van der Waals surface area (Å²) in [7, 11) is 0. The number of rotatable bonds is 3. The van der Waals surface area contributed by atoms with E-state index in [0.717, 1.165) is 22.2 Å². The molecule has 0 aliphatic carbocycles. The van der Waals surface area contributed by atoms with Crippen molar-refractivity contribution in [2.45, 2.75) is 18.0 Å². The third-order valence-electron chi connectivity index (χ3n) is 1.96. The monoisotopic (exact) mass is 245 g/mol. The summed E-state index contributed by atoms with van der Waals surface area (Å²) in [6, 6.07) is 8.48. The lowest BCUT2D eigenvalue weighted by Crippen LogP contribution is -2.23. The molecule has 1 rings (SSSR count). The van der Waals surface area contributed by atoms with Crippen molar-refractivity contribution in [2.24, 2.45) is 5.92 Å². The lowest BCUT2D eigenvalue weighted by molar-refractivity contribution is -0.152. The van der Waals surface area contributed by atoms with Crippen LogP contribution < -0.4 is 0 Å². The normalized spacial score (nSPS) is 13.2. The van der Waals surface area contributed by atoms with E-state index in [1.807, 2.05) is 13.0 Å². The highest BCUT2D eigenvalue weighted by Gasteiger charge is 2.39. The Morgan fingerprint density at radius 2 is 2.12 bits per heavy atom. The average molecular weight is 245 g/mol. The largest absolute Gasteiger partial charge is 0.405 e.